The Bertz CT molecular complexity index is 895. The number of carbonyl (C=O) groups excluding carboxylic acids is 1. The maximum Gasteiger partial charge on any atom is 0.265 e. The number of amides is 1. The smallest absolute Gasteiger partial charge is 0.265 e. The third-order valence-electron chi connectivity index (χ3n) is 4.43. The van der Waals surface area contributed by atoms with E-state index in [1.807, 2.05) is 17.2 Å². The van der Waals surface area contributed by atoms with Gasteiger partial charge in [-0.25, -0.2) is 4.98 Å². The maximum atomic E-state index is 12.9. The zero-order valence-electron chi connectivity index (χ0n) is 14.3. The molecular formula is C18H18BrN3OS3. The molecule has 4 nitrogen and oxygen atoms in total. The fourth-order valence-corrected chi connectivity index (χ4v) is 6.29. The number of thiazole rings is 1. The van der Waals surface area contributed by atoms with Crippen molar-refractivity contribution in [2.75, 3.05) is 26.2 Å². The first kappa shape index (κ1) is 18.3. The van der Waals surface area contributed by atoms with Crippen LogP contribution in [0.4, 0.5) is 0 Å². The largest absolute Gasteiger partial charge is 0.335 e. The number of halogens is 1. The monoisotopic (exact) mass is 467 g/mol. The molecule has 0 N–H and O–H groups in total. The molecule has 136 valence electrons. The molecule has 0 aromatic carbocycles. The van der Waals surface area contributed by atoms with Crippen LogP contribution < -0.4 is 0 Å². The Kier molecular flexibility index (Phi) is 5.56. The summed E-state index contributed by atoms with van der Waals surface area (Å²) in [4.78, 5) is 24.1. The van der Waals surface area contributed by atoms with E-state index in [-0.39, 0.29) is 5.91 Å². The Balaban J connectivity index is 1.39. The number of piperazine rings is 1. The minimum Gasteiger partial charge on any atom is -0.335 e. The van der Waals surface area contributed by atoms with E-state index < -0.39 is 0 Å². The summed E-state index contributed by atoms with van der Waals surface area (Å²) in [5, 5.41) is 5.06. The van der Waals surface area contributed by atoms with E-state index in [4.69, 9.17) is 0 Å². The molecule has 0 spiro atoms. The van der Waals surface area contributed by atoms with Crippen LogP contribution >= 0.6 is 49.9 Å². The number of aromatic nitrogens is 1. The van der Waals surface area contributed by atoms with Crippen molar-refractivity contribution < 1.29 is 4.79 Å². The van der Waals surface area contributed by atoms with Gasteiger partial charge in [-0.3, -0.25) is 9.69 Å². The lowest BCUT2D eigenvalue weighted by Gasteiger charge is -2.34. The van der Waals surface area contributed by atoms with Crippen LogP contribution in [0.2, 0.25) is 0 Å². The van der Waals surface area contributed by atoms with Gasteiger partial charge in [0, 0.05) is 48.5 Å². The topological polar surface area (TPSA) is 36.4 Å². The molecule has 1 amide bonds. The van der Waals surface area contributed by atoms with Crippen molar-refractivity contribution in [2.45, 2.75) is 13.5 Å². The van der Waals surface area contributed by atoms with Crippen molar-refractivity contribution in [3.8, 4) is 10.6 Å². The van der Waals surface area contributed by atoms with Crippen LogP contribution in [0.3, 0.4) is 0 Å². The normalized spacial score (nSPS) is 15.5. The first-order valence-corrected chi connectivity index (χ1v) is 11.7. The Morgan fingerprint density at radius 3 is 2.65 bits per heavy atom. The Morgan fingerprint density at radius 1 is 1.19 bits per heavy atom. The second-order valence-corrected chi connectivity index (χ2v) is 10.5. The highest BCUT2D eigenvalue weighted by molar-refractivity contribution is 9.11. The van der Waals surface area contributed by atoms with Gasteiger partial charge in [0.25, 0.3) is 5.91 Å². The average Bonchev–Trinajstić information content (AvgIpc) is 3.36. The molecule has 1 aliphatic rings. The second-order valence-electron chi connectivity index (χ2n) is 6.22. The van der Waals surface area contributed by atoms with E-state index in [0.29, 0.717) is 0 Å². The van der Waals surface area contributed by atoms with Crippen molar-refractivity contribution in [1.82, 2.24) is 14.8 Å². The summed E-state index contributed by atoms with van der Waals surface area (Å²) in [6, 6.07) is 6.31. The van der Waals surface area contributed by atoms with Gasteiger partial charge in [-0.05, 0) is 46.4 Å². The Labute approximate surface area is 173 Å². The van der Waals surface area contributed by atoms with Crippen molar-refractivity contribution >= 4 is 55.8 Å². The third-order valence-corrected chi connectivity index (χ3v) is 7.91. The summed E-state index contributed by atoms with van der Waals surface area (Å²) in [5.74, 6) is 0.125. The number of hydrogen-bond donors (Lipinski definition) is 0. The molecule has 0 saturated carbocycles. The van der Waals surface area contributed by atoms with Crippen LogP contribution in [0.1, 0.15) is 20.2 Å². The number of aryl methyl sites for hydroxylation is 1. The number of rotatable bonds is 4. The molecule has 1 fully saturated rings. The van der Waals surface area contributed by atoms with E-state index in [1.54, 1.807) is 22.7 Å². The van der Waals surface area contributed by atoms with Gasteiger partial charge < -0.3 is 4.90 Å². The highest BCUT2D eigenvalue weighted by Crippen LogP contribution is 2.30. The summed E-state index contributed by atoms with van der Waals surface area (Å²) in [6.45, 7) is 6.27. The lowest BCUT2D eigenvalue weighted by Crippen LogP contribution is -2.48. The molecule has 4 heterocycles. The van der Waals surface area contributed by atoms with E-state index in [2.05, 4.69) is 49.4 Å². The third kappa shape index (κ3) is 3.94. The van der Waals surface area contributed by atoms with Gasteiger partial charge in [-0.2, -0.15) is 11.3 Å². The predicted molar refractivity (Wildman–Crippen MR) is 113 cm³/mol. The lowest BCUT2D eigenvalue weighted by molar-refractivity contribution is 0.0633. The molecule has 3 aromatic heterocycles. The lowest BCUT2D eigenvalue weighted by atomic mass is 10.2. The minimum absolute atomic E-state index is 0.125. The molecule has 0 unspecified atom stereocenters. The molecular weight excluding hydrogens is 450 g/mol. The van der Waals surface area contributed by atoms with Crippen LogP contribution in [0.15, 0.2) is 32.7 Å². The van der Waals surface area contributed by atoms with Crippen molar-refractivity contribution in [1.29, 1.82) is 0 Å². The fraction of sp³-hybridized carbons (Fsp3) is 0.333. The minimum atomic E-state index is 0.125. The fourth-order valence-electron chi connectivity index (χ4n) is 3.01. The van der Waals surface area contributed by atoms with Gasteiger partial charge in [-0.1, -0.05) is 0 Å². The zero-order chi connectivity index (χ0) is 18.1. The summed E-state index contributed by atoms with van der Waals surface area (Å²) in [7, 11) is 0. The van der Waals surface area contributed by atoms with Gasteiger partial charge in [0.15, 0.2) is 0 Å². The molecule has 1 saturated heterocycles. The molecule has 4 rings (SSSR count). The van der Waals surface area contributed by atoms with Crippen LogP contribution in [0, 0.1) is 6.92 Å². The van der Waals surface area contributed by atoms with Crippen molar-refractivity contribution in [3.63, 3.8) is 0 Å². The molecule has 8 heteroatoms. The van der Waals surface area contributed by atoms with Crippen LogP contribution in [0.25, 0.3) is 10.6 Å². The average molecular weight is 468 g/mol. The number of carbonyl (C=O) groups is 1. The van der Waals surface area contributed by atoms with Gasteiger partial charge in [-0.15, -0.1) is 22.7 Å². The number of hydrogen-bond acceptors (Lipinski definition) is 6. The predicted octanol–water partition coefficient (Wildman–Crippen LogP) is 4.96. The number of thiophene rings is 2. The molecule has 0 atom stereocenters. The Hall–Kier alpha value is -1.06. The van der Waals surface area contributed by atoms with Gasteiger partial charge in [0.2, 0.25) is 0 Å². The SMILES string of the molecule is Cc1nc(-c2ccsc2)sc1C(=O)N1CCN(Cc2ccc(Br)s2)CC1. The Morgan fingerprint density at radius 2 is 2.00 bits per heavy atom. The second kappa shape index (κ2) is 7.90. The van der Waals surface area contributed by atoms with Crippen LogP contribution in [-0.4, -0.2) is 46.9 Å². The van der Waals surface area contributed by atoms with E-state index in [9.17, 15) is 4.79 Å². The quantitative estimate of drug-likeness (QED) is 0.543. The zero-order valence-corrected chi connectivity index (χ0v) is 18.3. The highest BCUT2D eigenvalue weighted by atomic mass is 79.9. The van der Waals surface area contributed by atoms with Crippen LogP contribution in [0.5, 0.6) is 0 Å². The van der Waals surface area contributed by atoms with Gasteiger partial charge in [0.1, 0.15) is 9.88 Å². The molecule has 0 bridgehead atoms. The molecule has 0 aliphatic carbocycles. The first-order chi connectivity index (χ1) is 12.6. The maximum absolute atomic E-state index is 12.9. The summed E-state index contributed by atoms with van der Waals surface area (Å²) >= 11 is 8.46. The molecule has 3 aromatic rings. The van der Waals surface area contributed by atoms with Crippen molar-refractivity contribution in [3.05, 3.63) is 48.2 Å². The molecule has 1 aliphatic heterocycles. The molecule has 26 heavy (non-hydrogen) atoms. The summed E-state index contributed by atoms with van der Waals surface area (Å²) in [6.07, 6.45) is 0. The van der Waals surface area contributed by atoms with Crippen molar-refractivity contribution in [2.24, 2.45) is 0 Å². The van der Waals surface area contributed by atoms with Gasteiger partial charge >= 0.3 is 0 Å². The molecule has 0 radical (unpaired) electrons. The van der Waals surface area contributed by atoms with E-state index >= 15 is 0 Å². The first-order valence-electron chi connectivity index (χ1n) is 8.36. The van der Waals surface area contributed by atoms with Crippen LogP contribution in [-0.2, 0) is 6.54 Å². The summed E-state index contributed by atoms with van der Waals surface area (Å²) < 4.78 is 1.17. The van der Waals surface area contributed by atoms with E-state index in [0.717, 1.165) is 53.9 Å². The van der Waals surface area contributed by atoms with E-state index in [1.165, 1.54) is 20.0 Å². The standard InChI is InChI=1S/C18H18BrN3OS3/c1-12-16(26-17(20-12)13-4-9-24-11-13)18(23)22-7-5-21(6-8-22)10-14-2-3-15(19)25-14/h2-4,9,11H,5-8,10H2,1H3. The highest BCUT2D eigenvalue weighted by Gasteiger charge is 2.26. The van der Waals surface area contributed by atoms with Gasteiger partial charge in [0.05, 0.1) is 9.48 Å². The number of nitrogens with zero attached hydrogens (tertiary/aromatic N) is 3. The summed E-state index contributed by atoms with van der Waals surface area (Å²) in [5.41, 5.74) is 1.95.